The minimum Gasteiger partial charge on any atom is -0.355 e. The van der Waals surface area contributed by atoms with Gasteiger partial charge in [-0.15, -0.1) is 0 Å². The minimum absolute atomic E-state index is 0.157. The Morgan fingerprint density at radius 3 is 2.57 bits per heavy atom. The van der Waals surface area contributed by atoms with Crippen LogP contribution >= 0.6 is 12.6 Å². The molecule has 0 spiro atoms. The standard InChI is InChI=1S/C6H14N2O4S2/c7-5(4-13)6(9)8-2-1-3-14(10,11)12/h5,13H,1-4,7H2,(H,8,9)(H,10,11,12)/t5-/m0/s1/i8+1. The van der Waals surface area contributed by atoms with Gasteiger partial charge in [0.15, 0.2) is 0 Å². The van der Waals surface area contributed by atoms with Gasteiger partial charge in [0.25, 0.3) is 10.1 Å². The van der Waals surface area contributed by atoms with E-state index in [0.29, 0.717) is 0 Å². The van der Waals surface area contributed by atoms with Gasteiger partial charge in [-0.25, -0.2) is 0 Å². The van der Waals surface area contributed by atoms with Crippen LogP contribution in [0.15, 0.2) is 0 Å². The van der Waals surface area contributed by atoms with Crippen LogP contribution in [0, 0.1) is 0 Å². The average Bonchev–Trinajstić information content (AvgIpc) is 2.09. The number of hydrogen-bond donors (Lipinski definition) is 4. The van der Waals surface area contributed by atoms with E-state index in [1.54, 1.807) is 0 Å². The van der Waals surface area contributed by atoms with E-state index in [1.807, 2.05) is 0 Å². The second-order valence-corrected chi connectivity index (χ2v) is 4.66. The molecule has 0 rings (SSSR count). The van der Waals surface area contributed by atoms with E-state index in [1.165, 1.54) is 0 Å². The van der Waals surface area contributed by atoms with Crippen LogP contribution in [0.5, 0.6) is 0 Å². The maximum atomic E-state index is 11.0. The van der Waals surface area contributed by atoms with Gasteiger partial charge in [0, 0.05) is 12.3 Å². The van der Waals surface area contributed by atoms with Crippen LogP contribution in [-0.4, -0.2) is 43.0 Å². The maximum absolute atomic E-state index is 11.0. The van der Waals surface area contributed by atoms with Gasteiger partial charge in [0.1, 0.15) is 0 Å². The molecule has 0 heterocycles. The molecule has 1 atom stereocenters. The van der Waals surface area contributed by atoms with Crippen LogP contribution < -0.4 is 11.1 Å². The van der Waals surface area contributed by atoms with Crippen LogP contribution in [0.4, 0.5) is 0 Å². The summed E-state index contributed by atoms with van der Waals surface area (Å²) < 4.78 is 28.9. The van der Waals surface area contributed by atoms with Gasteiger partial charge in [0.05, 0.1) is 11.8 Å². The third-order valence-electron chi connectivity index (χ3n) is 1.41. The van der Waals surface area contributed by atoms with Gasteiger partial charge in [0.2, 0.25) is 5.91 Å². The highest BCUT2D eigenvalue weighted by molar-refractivity contribution is 7.85. The second-order valence-electron chi connectivity index (χ2n) is 2.72. The summed E-state index contributed by atoms with van der Waals surface area (Å²) in [7, 11) is -3.95. The molecule has 4 N–H and O–H groups in total. The third-order valence-corrected chi connectivity index (χ3v) is 2.61. The van der Waals surface area contributed by atoms with E-state index < -0.39 is 16.2 Å². The van der Waals surface area contributed by atoms with Crippen molar-refractivity contribution in [2.24, 2.45) is 5.73 Å². The normalized spacial score (nSPS) is 13.6. The van der Waals surface area contributed by atoms with E-state index in [0.717, 1.165) is 0 Å². The first-order chi connectivity index (χ1) is 6.37. The second kappa shape index (κ2) is 6.23. The lowest BCUT2D eigenvalue weighted by Gasteiger charge is -2.08. The summed E-state index contributed by atoms with van der Waals surface area (Å²) in [6.07, 6.45) is 0.157. The van der Waals surface area contributed by atoms with Gasteiger partial charge in [-0.3, -0.25) is 9.35 Å². The van der Waals surface area contributed by atoms with Crippen LogP contribution in [0.1, 0.15) is 6.42 Å². The summed E-state index contributed by atoms with van der Waals surface area (Å²) in [5, 5.41) is 2.42. The molecule has 0 aromatic carbocycles. The highest BCUT2D eigenvalue weighted by Gasteiger charge is 2.10. The van der Waals surface area contributed by atoms with E-state index in [2.05, 4.69) is 17.9 Å². The molecule has 0 unspecified atom stereocenters. The van der Waals surface area contributed by atoms with E-state index in [-0.39, 0.29) is 30.4 Å². The third kappa shape index (κ3) is 7.13. The fourth-order valence-corrected chi connectivity index (χ4v) is 1.36. The Balaban J connectivity index is 3.61. The lowest BCUT2D eigenvalue weighted by Crippen LogP contribution is -2.42. The van der Waals surface area contributed by atoms with E-state index in [9.17, 15) is 13.2 Å². The monoisotopic (exact) mass is 243 g/mol. The van der Waals surface area contributed by atoms with Gasteiger partial charge in [-0.2, -0.15) is 21.0 Å². The lowest BCUT2D eigenvalue weighted by molar-refractivity contribution is -0.121. The number of hydrogen-bond acceptors (Lipinski definition) is 5. The summed E-state index contributed by atoms with van der Waals surface area (Å²) >= 11 is 3.82. The predicted molar refractivity (Wildman–Crippen MR) is 55.9 cm³/mol. The average molecular weight is 243 g/mol. The molecular weight excluding hydrogens is 229 g/mol. The van der Waals surface area contributed by atoms with Crippen molar-refractivity contribution in [3.63, 3.8) is 0 Å². The van der Waals surface area contributed by atoms with Crippen molar-refractivity contribution in [1.82, 2.24) is 5.32 Å². The van der Waals surface area contributed by atoms with Crippen molar-refractivity contribution >= 4 is 28.7 Å². The van der Waals surface area contributed by atoms with Gasteiger partial charge < -0.3 is 11.1 Å². The molecule has 0 bridgehead atoms. The lowest BCUT2D eigenvalue weighted by atomic mass is 10.3. The van der Waals surface area contributed by atoms with Gasteiger partial charge >= 0.3 is 0 Å². The molecule has 0 fully saturated rings. The highest BCUT2D eigenvalue weighted by atomic mass is 32.2. The largest absolute Gasteiger partial charge is 0.355 e. The van der Waals surface area contributed by atoms with Crippen molar-refractivity contribution in [2.45, 2.75) is 12.5 Å². The number of nitrogens with one attached hydrogen (secondary N) is 1. The summed E-state index contributed by atoms with van der Waals surface area (Å²) in [5.41, 5.74) is 5.33. The van der Waals surface area contributed by atoms with Crippen LogP contribution in [-0.2, 0) is 14.9 Å². The number of amides is 1. The molecule has 0 aromatic rings. The molecule has 1 amide bonds. The smallest absolute Gasteiger partial charge is 0.264 e. The van der Waals surface area contributed by atoms with E-state index >= 15 is 0 Å². The highest BCUT2D eigenvalue weighted by Crippen LogP contribution is 1.88. The topological polar surface area (TPSA) is 109 Å². The van der Waals surface area contributed by atoms with E-state index in [4.69, 9.17) is 10.3 Å². The Morgan fingerprint density at radius 1 is 1.57 bits per heavy atom. The molecule has 0 aromatic heterocycles. The van der Waals surface area contributed by atoms with Crippen LogP contribution in [0.3, 0.4) is 0 Å². The van der Waals surface area contributed by atoms with Crippen molar-refractivity contribution in [1.29, 1.82) is 0 Å². The summed E-state index contributed by atoms with van der Waals surface area (Å²) in [6, 6.07) is -0.691. The Bertz CT molecular complexity index is 278. The Morgan fingerprint density at radius 2 is 2.14 bits per heavy atom. The molecule has 0 radical (unpaired) electrons. The zero-order chi connectivity index (χ0) is 11.2. The number of rotatable bonds is 6. The predicted octanol–water partition coefficient (Wildman–Crippen LogP) is -1.36. The maximum Gasteiger partial charge on any atom is 0.264 e. The molecule has 0 saturated carbocycles. The Labute approximate surface area is 88.4 Å². The molecule has 84 valence electrons. The first-order valence-electron chi connectivity index (χ1n) is 3.96. The molecule has 0 aliphatic carbocycles. The first kappa shape index (κ1) is 13.7. The Hall–Kier alpha value is -0.310. The summed E-state index contributed by atoms with van der Waals surface area (Å²) in [5.74, 6) is -0.525. The van der Waals surface area contributed by atoms with Crippen LogP contribution in [0.25, 0.3) is 0 Å². The van der Waals surface area contributed by atoms with Crippen molar-refractivity contribution < 1.29 is 17.8 Å². The Kier molecular flexibility index (Phi) is 6.09. The zero-order valence-corrected chi connectivity index (χ0v) is 9.22. The molecule has 0 aliphatic rings. The number of carbonyl (C=O) groups is 1. The minimum atomic E-state index is -3.95. The number of nitrogens with two attached hydrogens (primary N) is 1. The SMILES string of the molecule is N[C@@H](CS)C(=O)[15NH]CCCS(=O)(=O)O. The van der Waals surface area contributed by atoms with Crippen molar-refractivity contribution in [2.75, 3.05) is 18.1 Å². The molecule has 6 nitrogen and oxygen atoms in total. The van der Waals surface area contributed by atoms with Crippen molar-refractivity contribution in [3.8, 4) is 0 Å². The fraction of sp³-hybridized carbons (Fsp3) is 0.833. The molecule has 8 heteroatoms. The molecular formula is C6H14N2O4S2. The molecule has 14 heavy (non-hydrogen) atoms. The fourth-order valence-electron chi connectivity index (χ4n) is 0.680. The quantitative estimate of drug-likeness (QED) is 0.199. The van der Waals surface area contributed by atoms with Gasteiger partial charge in [-0.05, 0) is 6.42 Å². The zero-order valence-electron chi connectivity index (χ0n) is 7.51. The number of carbonyl (C=O) groups excluding carboxylic acids is 1. The van der Waals surface area contributed by atoms with Gasteiger partial charge in [-0.1, -0.05) is 0 Å². The molecule has 0 saturated heterocycles. The number of thiol groups is 1. The summed E-state index contributed by atoms with van der Waals surface area (Å²) in [4.78, 5) is 11.0. The summed E-state index contributed by atoms with van der Waals surface area (Å²) in [6.45, 7) is 0.167. The van der Waals surface area contributed by atoms with Crippen molar-refractivity contribution in [3.05, 3.63) is 0 Å². The molecule has 0 aliphatic heterocycles. The van der Waals surface area contributed by atoms with Crippen LogP contribution in [0.2, 0.25) is 0 Å². The first-order valence-corrected chi connectivity index (χ1v) is 6.20.